The van der Waals surface area contributed by atoms with E-state index in [1.165, 1.54) is 96.3 Å². The van der Waals surface area contributed by atoms with Gasteiger partial charge in [0.25, 0.3) is 0 Å². The first-order chi connectivity index (χ1) is 14.2. The van der Waals surface area contributed by atoms with Gasteiger partial charge in [-0.25, -0.2) is 0 Å². The van der Waals surface area contributed by atoms with Crippen LogP contribution in [0.15, 0.2) is 0 Å². The fraction of sp³-hybridized carbons (Fsp3) is 0.962. The zero-order valence-electron chi connectivity index (χ0n) is 19.6. The molecule has 0 aliphatic carbocycles. The first kappa shape index (κ1) is 28.4. The second-order valence-corrected chi connectivity index (χ2v) is 9.09. The Kier molecular flexibility index (Phi) is 23.2. The SMILES string of the molecule is CCCCCCCCCCCCCCCCCCC(O)CCCCCCC(=O)O. The van der Waals surface area contributed by atoms with Crippen molar-refractivity contribution in [3.05, 3.63) is 0 Å². The Morgan fingerprint density at radius 2 is 0.862 bits per heavy atom. The molecule has 0 aromatic rings. The molecule has 3 heteroatoms. The third-order valence-electron chi connectivity index (χ3n) is 6.07. The molecule has 0 rings (SSSR count). The van der Waals surface area contributed by atoms with Crippen LogP contribution in [0.25, 0.3) is 0 Å². The van der Waals surface area contributed by atoms with Crippen LogP contribution in [0.5, 0.6) is 0 Å². The molecule has 1 unspecified atom stereocenters. The van der Waals surface area contributed by atoms with Crippen LogP contribution in [0.1, 0.15) is 155 Å². The molecule has 3 nitrogen and oxygen atoms in total. The van der Waals surface area contributed by atoms with Crippen LogP contribution < -0.4 is 0 Å². The lowest BCUT2D eigenvalue weighted by Gasteiger charge is -2.10. The summed E-state index contributed by atoms with van der Waals surface area (Å²) in [4.78, 5) is 10.4. The largest absolute Gasteiger partial charge is 0.481 e. The van der Waals surface area contributed by atoms with E-state index in [2.05, 4.69) is 6.92 Å². The highest BCUT2D eigenvalue weighted by molar-refractivity contribution is 5.66. The maximum absolute atomic E-state index is 10.4. The molecule has 0 radical (unpaired) electrons. The lowest BCUT2D eigenvalue weighted by atomic mass is 10.0. The number of carbonyl (C=O) groups is 1. The van der Waals surface area contributed by atoms with Crippen molar-refractivity contribution in [2.75, 3.05) is 0 Å². The zero-order chi connectivity index (χ0) is 21.4. The molecule has 0 aliphatic rings. The molecule has 29 heavy (non-hydrogen) atoms. The Balaban J connectivity index is 3.13. The van der Waals surface area contributed by atoms with E-state index in [0.717, 1.165) is 44.9 Å². The van der Waals surface area contributed by atoms with E-state index in [1.807, 2.05) is 0 Å². The number of unbranched alkanes of at least 4 members (excludes halogenated alkanes) is 18. The predicted molar refractivity (Wildman–Crippen MR) is 126 cm³/mol. The fourth-order valence-electron chi connectivity index (χ4n) is 4.08. The van der Waals surface area contributed by atoms with Gasteiger partial charge in [0.2, 0.25) is 0 Å². The summed E-state index contributed by atoms with van der Waals surface area (Å²) in [5.41, 5.74) is 0. The van der Waals surface area contributed by atoms with E-state index in [1.54, 1.807) is 0 Å². The first-order valence-corrected chi connectivity index (χ1v) is 13.1. The molecule has 1 atom stereocenters. The lowest BCUT2D eigenvalue weighted by molar-refractivity contribution is -0.137. The van der Waals surface area contributed by atoms with Gasteiger partial charge >= 0.3 is 5.97 Å². The number of carboxylic acids is 1. The van der Waals surface area contributed by atoms with Crippen molar-refractivity contribution >= 4 is 5.97 Å². The maximum Gasteiger partial charge on any atom is 0.303 e. The van der Waals surface area contributed by atoms with Gasteiger partial charge in [-0.3, -0.25) is 4.79 Å². The van der Waals surface area contributed by atoms with Crippen LogP contribution in [-0.2, 0) is 4.79 Å². The molecule has 0 bridgehead atoms. The summed E-state index contributed by atoms with van der Waals surface area (Å²) in [5.74, 6) is -0.700. The number of aliphatic hydroxyl groups excluding tert-OH is 1. The molecule has 0 aromatic carbocycles. The minimum absolute atomic E-state index is 0.152. The Hall–Kier alpha value is -0.570. The summed E-state index contributed by atoms with van der Waals surface area (Å²) >= 11 is 0. The molecule has 0 saturated carbocycles. The van der Waals surface area contributed by atoms with Gasteiger partial charge < -0.3 is 10.2 Å². The summed E-state index contributed by atoms with van der Waals surface area (Å²) in [5, 5.41) is 18.6. The third-order valence-corrected chi connectivity index (χ3v) is 6.07. The van der Waals surface area contributed by atoms with Crippen molar-refractivity contribution < 1.29 is 15.0 Å². The Morgan fingerprint density at radius 3 is 1.21 bits per heavy atom. The van der Waals surface area contributed by atoms with Gasteiger partial charge in [-0.05, 0) is 19.3 Å². The van der Waals surface area contributed by atoms with E-state index in [4.69, 9.17) is 5.11 Å². The molecule has 2 N–H and O–H groups in total. The van der Waals surface area contributed by atoms with Crippen LogP contribution in [0.4, 0.5) is 0 Å². The number of aliphatic hydroxyl groups is 1. The van der Waals surface area contributed by atoms with E-state index < -0.39 is 5.97 Å². The topological polar surface area (TPSA) is 57.5 Å². The summed E-state index contributed by atoms with van der Waals surface area (Å²) in [6.07, 6.45) is 27.9. The minimum Gasteiger partial charge on any atom is -0.481 e. The Morgan fingerprint density at radius 1 is 0.552 bits per heavy atom. The lowest BCUT2D eigenvalue weighted by Crippen LogP contribution is -2.06. The van der Waals surface area contributed by atoms with Crippen molar-refractivity contribution in [2.24, 2.45) is 0 Å². The Bertz CT molecular complexity index is 330. The highest BCUT2D eigenvalue weighted by atomic mass is 16.4. The average molecular weight is 413 g/mol. The molecular weight excluding hydrogens is 360 g/mol. The fourth-order valence-corrected chi connectivity index (χ4v) is 4.08. The predicted octanol–water partition coefficient (Wildman–Crippen LogP) is 8.42. The summed E-state index contributed by atoms with van der Waals surface area (Å²) in [6, 6.07) is 0. The molecule has 0 spiro atoms. The molecular formula is C26H52O3. The maximum atomic E-state index is 10.4. The second-order valence-electron chi connectivity index (χ2n) is 9.09. The van der Waals surface area contributed by atoms with Gasteiger partial charge in [-0.15, -0.1) is 0 Å². The van der Waals surface area contributed by atoms with Crippen molar-refractivity contribution in [2.45, 2.75) is 161 Å². The number of hydrogen-bond donors (Lipinski definition) is 2. The van der Waals surface area contributed by atoms with Gasteiger partial charge in [-0.2, -0.15) is 0 Å². The molecule has 0 aromatic heterocycles. The van der Waals surface area contributed by atoms with Crippen LogP contribution in [-0.4, -0.2) is 22.3 Å². The van der Waals surface area contributed by atoms with Crippen molar-refractivity contribution in [3.8, 4) is 0 Å². The van der Waals surface area contributed by atoms with E-state index >= 15 is 0 Å². The second kappa shape index (κ2) is 23.7. The van der Waals surface area contributed by atoms with Gasteiger partial charge in [0.1, 0.15) is 0 Å². The number of carboxylic acid groups (broad SMARTS) is 1. The van der Waals surface area contributed by atoms with Crippen molar-refractivity contribution in [3.63, 3.8) is 0 Å². The number of aliphatic carboxylic acids is 1. The average Bonchev–Trinajstić information content (AvgIpc) is 2.70. The quantitative estimate of drug-likeness (QED) is 0.156. The normalized spacial score (nSPS) is 12.3. The highest BCUT2D eigenvalue weighted by Gasteiger charge is 2.04. The molecule has 0 fully saturated rings. The first-order valence-electron chi connectivity index (χ1n) is 13.1. The van der Waals surface area contributed by atoms with Crippen LogP contribution in [0.3, 0.4) is 0 Å². The zero-order valence-corrected chi connectivity index (χ0v) is 19.6. The Labute approximate surface area is 182 Å². The summed E-state index contributed by atoms with van der Waals surface area (Å²) in [6.45, 7) is 2.28. The van der Waals surface area contributed by atoms with E-state index in [9.17, 15) is 9.90 Å². The van der Waals surface area contributed by atoms with Gasteiger partial charge in [0.05, 0.1) is 6.10 Å². The molecule has 0 heterocycles. The summed E-state index contributed by atoms with van der Waals surface area (Å²) < 4.78 is 0. The summed E-state index contributed by atoms with van der Waals surface area (Å²) in [7, 11) is 0. The molecule has 0 amide bonds. The highest BCUT2D eigenvalue weighted by Crippen LogP contribution is 2.15. The van der Waals surface area contributed by atoms with Gasteiger partial charge in [0, 0.05) is 6.42 Å². The standard InChI is InChI=1S/C26H52O3/c1-2-3-4-5-6-7-8-9-10-11-12-13-14-15-16-19-22-25(27)23-20-17-18-21-24-26(28)29/h25,27H,2-24H2,1H3,(H,28,29). The van der Waals surface area contributed by atoms with E-state index in [0.29, 0.717) is 0 Å². The molecule has 174 valence electrons. The van der Waals surface area contributed by atoms with Crippen LogP contribution >= 0.6 is 0 Å². The van der Waals surface area contributed by atoms with Crippen molar-refractivity contribution in [1.82, 2.24) is 0 Å². The van der Waals surface area contributed by atoms with Crippen LogP contribution in [0.2, 0.25) is 0 Å². The smallest absolute Gasteiger partial charge is 0.303 e. The molecule has 0 saturated heterocycles. The monoisotopic (exact) mass is 412 g/mol. The number of hydrogen-bond acceptors (Lipinski definition) is 2. The van der Waals surface area contributed by atoms with Crippen LogP contribution in [0, 0.1) is 0 Å². The van der Waals surface area contributed by atoms with E-state index in [-0.39, 0.29) is 12.5 Å². The third kappa shape index (κ3) is 25.4. The number of rotatable bonds is 24. The van der Waals surface area contributed by atoms with Gasteiger partial charge in [-0.1, -0.05) is 129 Å². The molecule has 0 aliphatic heterocycles. The minimum atomic E-state index is -0.700. The van der Waals surface area contributed by atoms with Crippen molar-refractivity contribution in [1.29, 1.82) is 0 Å². The van der Waals surface area contributed by atoms with Gasteiger partial charge in [0.15, 0.2) is 0 Å².